The predicted octanol–water partition coefficient (Wildman–Crippen LogP) is 2.22. The molecule has 1 fully saturated rings. The molecule has 1 aliphatic rings. The zero-order valence-electron chi connectivity index (χ0n) is 11.4. The zero-order valence-corrected chi connectivity index (χ0v) is 12.2. The van der Waals surface area contributed by atoms with Gasteiger partial charge in [0.2, 0.25) is 0 Å². The molecule has 0 bridgehead atoms. The van der Waals surface area contributed by atoms with Crippen LogP contribution in [0.4, 0.5) is 4.39 Å². The summed E-state index contributed by atoms with van der Waals surface area (Å²) in [7, 11) is -2.93. The zero-order chi connectivity index (χ0) is 14.1. The second kappa shape index (κ2) is 5.21. The highest BCUT2D eigenvalue weighted by molar-refractivity contribution is 7.91. The van der Waals surface area contributed by atoms with Crippen molar-refractivity contribution in [3.63, 3.8) is 0 Å². The Hall–Kier alpha value is -0.940. The third kappa shape index (κ3) is 3.34. The molecule has 0 saturated carbocycles. The Morgan fingerprint density at radius 2 is 2.16 bits per heavy atom. The van der Waals surface area contributed by atoms with Gasteiger partial charge in [0.1, 0.15) is 5.82 Å². The fourth-order valence-electron chi connectivity index (χ4n) is 2.78. The van der Waals surface area contributed by atoms with Crippen LogP contribution in [0.25, 0.3) is 0 Å². The maximum absolute atomic E-state index is 13.2. The lowest BCUT2D eigenvalue weighted by atomic mass is 9.98. The fourth-order valence-corrected chi connectivity index (χ4v) is 4.95. The Balaban J connectivity index is 2.17. The number of benzene rings is 1. The van der Waals surface area contributed by atoms with Crippen LogP contribution >= 0.6 is 0 Å². The predicted molar refractivity (Wildman–Crippen MR) is 74.2 cm³/mol. The summed E-state index contributed by atoms with van der Waals surface area (Å²) in [5, 5.41) is 0. The Kier molecular flexibility index (Phi) is 3.97. The van der Waals surface area contributed by atoms with Gasteiger partial charge in [0.15, 0.2) is 9.84 Å². The quantitative estimate of drug-likeness (QED) is 0.851. The van der Waals surface area contributed by atoms with Crippen LogP contribution in [0, 0.1) is 5.82 Å². The van der Waals surface area contributed by atoms with Gasteiger partial charge >= 0.3 is 0 Å². The van der Waals surface area contributed by atoms with Crippen molar-refractivity contribution in [2.75, 3.05) is 18.1 Å². The van der Waals surface area contributed by atoms with E-state index in [1.807, 2.05) is 19.9 Å². The molecule has 1 heterocycles. The van der Waals surface area contributed by atoms with Crippen molar-refractivity contribution < 1.29 is 12.8 Å². The minimum Gasteiger partial charge on any atom is -0.293 e. The van der Waals surface area contributed by atoms with Crippen molar-refractivity contribution in [1.82, 2.24) is 4.90 Å². The summed E-state index contributed by atoms with van der Waals surface area (Å²) in [6.07, 6.45) is 0.651. The Bertz CT molecular complexity index is 558. The number of nitrogens with zero attached hydrogens (tertiary/aromatic N) is 1. The van der Waals surface area contributed by atoms with Crippen LogP contribution in [0.3, 0.4) is 0 Å². The van der Waals surface area contributed by atoms with E-state index in [0.717, 1.165) is 12.1 Å². The molecule has 0 aromatic heterocycles. The molecule has 0 radical (unpaired) electrons. The molecule has 0 N–H and O–H groups in total. The third-order valence-electron chi connectivity index (χ3n) is 3.89. The first-order valence-corrected chi connectivity index (χ1v) is 8.37. The molecular formula is C14H20FNO2S. The van der Waals surface area contributed by atoms with Crippen LogP contribution < -0.4 is 0 Å². The van der Waals surface area contributed by atoms with Crippen LogP contribution in [0.2, 0.25) is 0 Å². The monoisotopic (exact) mass is 285 g/mol. The molecule has 0 unspecified atom stereocenters. The number of rotatable bonds is 4. The van der Waals surface area contributed by atoms with Crippen LogP contribution in [0.15, 0.2) is 24.3 Å². The van der Waals surface area contributed by atoms with E-state index < -0.39 is 9.84 Å². The van der Waals surface area contributed by atoms with Crippen LogP contribution in [0.1, 0.15) is 25.8 Å². The minimum absolute atomic E-state index is 0.198. The first kappa shape index (κ1) is 14.5. The van der Waals surface area contributed by atoms with Crippen LogP contribution in [-0.4, -0.2) is 36.9 Å². The molecule has 19 heavy (non-hydrogen) atoms. The largest absolute Gasteiger partial charge is 0.293 e. The highest BCUT2D eigenvalue weighted by Crippen LogP contribution is 2.30. The fraction of sp³-hybridized carbons (Fsp3) is 0.571. The van der Waals surface area contributed by atoms with Crippen LogP contribution in [-0.2, 0) is 16.4 Å². The van der Waals surface area contributed by atoms with Gasteiger partial charge in [0.05, 0.1) is 11.5 Å². The molecule has 1 aromatic rings. The minimum atomic E-state index is -2.93. The Morgan fingerprint density at radius 1 is 1.42 bits per heavy atom. The van der Waals surface area contributed by atoms with Crippen molar-refractivity contribution in [2.45, 2.75) is 32.4 Å². The van der Waals surface area contributed by atoms with E-state index >= 15 is 0 Å². The molecule has 5 heteroatoms. The molecule has 0 aliphatic carbocycles. The summed E-state index contributed by atoms with van der Waals surface area (Å²) in [5.41, 5.74) is 0.548. The summed E-state index contributed by atoms with van der Waals surface area (Å²) in [5.74, 6) is 0.199. The van der Waals surface area contributed by atoms with Gasteiger partial charge in [0, 0.05) is 12.1 Å². The standard InChI is InChI=1S/C14H20FNO2S/c1-3-16(10-12-5-4-6-13(15)9-12)14(2)7-8-19(17,18)11-14/h4-6,9H,3,7-8,10-11H2,1-2H3/t14-/m1/s1. The lowest BCUT2D eigenvalue weighted by Gasteiger charge is -2.36. The third-order valence-corrected chi connectivity index (χ3v) is 5.78. The van der Waals surface area contributed by atoms with Gasteiger partial charge in [-0.2, -0.15) is 0 Å². The first-order chi connectivity index (χ1) is 8.85. The number of halogens is 1. The highest BCUT2D eigenvalue weighted by atomic mass is 32.2. The maximum Gasteiger partial charge on any atom is 0.152 e. The number of hydrogen-bond donors (Lipinski definition) is 0. The van der Waals surface area contributed by atoms with E-state index in [2.05, 4.69) is 4.90 Å². The van der Waals surface area contributed by atoms with E-state index in [4.69, 9.17) is 0 Å². The molecule has 1 saturated heterocycles. The van der Waals surface area contributed by atoms with Crippen molar-refractivity contribution in [2.24, 2.45) is 0 Å². The van der Waals surface area contributed by atoms with Gasteiger partial charge in [-0.05, 0) is 37.6 Å². The van der Waals surface area contributed by atoms with Gasteiger partial charge < -0.3 is 0 Å². The van der Waals surface area contributed by atoms with Crippen molar-refractivity contribution in [1.29, 1.82) is 0 Å². The highest BCUT2D eigenvalue weighted by Gasteiger charge is 2.42. The average Bonchev–Trinajstić information content (AvgIpc) is 2.61. The molecule has 0 spiro atoms. The topological polar surface area (TPSA) is 37.4 Å². The summed E-state index contributed by atoms with van der Waals surface area (Å²) in [6.45, 7) is 5.33. The van der Waals surface area contributed by atoms with E-state index in [9.17, 15) is 12.8 Å². The summed E-state index contributed by atoms with van der Waals surface area (Å²) < 4.78 is 36.6. The smallest absolute Gasteiger partial charge is 0.152 e. The number of hydrogen-bond acceptors (Lipinski definition) is 3. The van der Waals surface area contributed by atoms with Crippen LogP contribution in [0.5, 0.6) is 0 Å². The maximum atomic E-state index is 13.2. The second-order valence-corrected chi connectivity index (χ2v) is 7.67. The molecule has 1 aromatic carbocycles. The normalized spacial score (nSPS) is 25.9. The summed E-state index contributed by atoms with van der Waals surface area (Å²) >= 11 is 0. The average molecular weight is 285 g/mol. The van der Waals surface area contributed by atoms with Crippen molar-refractivity contribution >= 4 is 9.84 Å². The molecule has 3 nitrogen and oxygen atoms in total. The molecule has 1 aliphatic heterocycles. The van der Waals surface area contributed by atoms with Crippen molar-refractivity contribution in [3.8, 4) is 0 Å². The van der Waals surface area contributed by atoms with Gasteiger partial charge in [0.25, 0.3) is 0 Å². The van der Waals surface area contributed by atoms with E-state index in [1.165, 1.54) is 12.1 Å². The molecule has 1 atom stereocenters. The lowest BCUT2D eigenvalue weighted by molar-refractivity contribution is 0.124. The van der Waals surface area contributed by atoms with E-state index in [1.54, 1.807) is 6.07 Å². The van der Waals surface area contributed by atoms with Gasteiger partial charge in [-0.3, -0.25) is 4.90 Å². The Labute approximate surface area is 114 Å². The molecule has 0 amide bonds. The molecule has 2 rings (SSSR count). The van der Waals surface area contributed by atoms with E-state index in [-0.39, 0.29) is 22.9 Å². The van der Waals surface area contributed by atoms with E-state index in [0.29, 0.717) is 13.0 Å². The second-order valence-electron chi connectivity index (χ2n) is 5.48. The first-order valence-electron chi connectivity index (χ1n) is 6.54. The summed E-state index contributed by atoms with van der Waals surface area (Å²) in [4.78, 5) is 2.13. The SMILES string of the molecule is CCN(Cc1cccc(F)c1)[C@]1(C)CCS(=O)(=O)C1. The van der Waals surface area contributed by atoms with Gasteiger partial charge in [-0.1, -0.05) is 19.1 Å². The van der Waals surface area contributed by atoms with Crippen molar-refractivity contribution in [3.05, 3.63) is 35.6 Å². The van der Waals surface area contributed by atoms with Gasteiger partial charge in [-0.15, -0.1) is 0 Å². The summed E-state index contributed by atoms with van der Waals surface area (Å²) in [6, 6.07) is 6.49. The molecular weight excluding hydrogens is 265 g/mol. The lowest BCUT2D eigenvalue weighted by Crippen LogP contribution is -2.46. The molecule has 106 valence electrons. The van der Waals surface area contributed by atoms with Gasteiger partial charge in [-0.25, -0.2) is 12.8 Å². The Morgan fingerprint density at radius 3 is 2.68 bits per heavy atom. The number of sulfone groups is 1.